The lowest BCUT2D eigenvalue weighted by molar-refractivity contribution is -0.141. The van der Waals surface area contributed by atoms with Crippen LogP contribution in [-0.4, -0.2) is 39.8 Å². The van der Waals surface area contributed by atoms with E-state index < -0.39 is 5.97 Å². The fourth-order valence-corrected chi connectivity index (χ4v) is 4.23. The van der Waals surface area contributed by atoms with Gasteiger partial charge in [-0.2, -0.15) is 0 Å². The fraction of sp³-hybridized carbons (Fsp3) is 0.160. The van der Waals surface area contributed by atoms with Crippen molar-refractivity contribution in [1.29, 1.82) is 0 Å². The van der Waals surface area contributed by atoms with E-state index in [4.69, 9.17) is 16.3 Å². The molecular formula is C25H22ClN3O3S. The maximum Gasteiger partial charge on any atom is 0.325 e. The summed E-state index contributed by atoms with van der Waals surface area (Å²) >= 11 is 7.60. The van der Waals surface area contributed by atoms with Crippen LogP contribution >= 0.6 is 23.4 Å². The van der Waals surface area contributed by atoms with E-state index >= 15 is 0 Å². The second kappa shape index (κ2) is 10.6. The number of carbonyl (C=O) groups excluding carboxylic acids is 2. The summed E-state index contributed by atoms with van der Waals surface area (Å²) in [7, 11) is 1.31. The number of rotatable bonds is 8. The highest BCUT2D eigenvalue weighted by Crippen LogP contribution is 2.24. The second-order valence-corrected chi connectivity index (χ2v) is 8.86. The molecule has 6 nitrogen and oxygen atoms in total. The number of halogens is 1. The number of nitrogens with zero attached hydrogens (tertiary/aromatic N) is 3. The third-order valence-corrected chi connectivity index (χ3v) is 6.32. The summed E-state index contributed by atoms with van der Waals surface area (Å²) in [4.78, 5) is 32.1. The molecular weight excluding hydrogens is 458 g/mol. The summed E-state index contributed by atoms with van der Waals surface area (Å²) in [6.07, 6.45) is 3.99. The maximum atomic E-state index is 13.1. The van der Waals surface area contributed by atoms with Crippen LogP contribution in [0.25, 0.3) is 5.65 Å². The van der Waals surface area contributed by atoms with Gasteiger partial charge in [0.25, 0.3) is 5.91 Å². The Hall–Kier alpha value is -3.29. The Morgan fingerprint density at radius 1 is 1.06 bits per heavy atom. The van der Waals surface area contributed by atoms with Crippen molar-refractivity contribution in [3.63, 3.8) is 0 Å². The molecule has 4 rings (SSSR count). The number of amides is 1. The zero-order chi connectivity index (χ0) is 23.2. The van der Waals surface area contributed by atoms with Crippen molar-refractivity contribution in [2.75, 3.05) is 13.7 Å². The molecule has 2 aromatic carbocycles. The summed E-state index contributed by atoms with van der Waals surface area (Å²) in [5.74, 6) is 0.00389. The average Bonchev–Trinajstić information content (AvgIpc) is 3.26. The lowest BCUT2D eigenvalue weighted by Crippen LogP contribution is -2.35. The summed E-state index contributed by atoms with van der Waals surface area (Å²) in [6.45, 7) is 0.137. The van der Waals surface area contributed by atoms with E-state index in [1.54, 1.807) is 36.0 Å². The smallest absolute Gasteiger partial charge is 0.325 e. The average molecular weight is 480 g/mol. The van der Waals surface area contributed by atoms with Gasteiger partial charge in [0.1, 0.15) is 12.2 Å². The Kier molecular flexibility index (Phi) is 7.32. The standard InChI is InChI=1S/C25H22ClN3O3S/c1-32-24(30)16-29(14-18-5-9-20(26)10-6-18)25(31)19-7-11-22(12-8-19)33-17-21-15-28-13-3-2-4-23(28)27-21/h2-13,15H,14,16-17H2,1H3. The summed E-state index contributed by atoms with van der Waals surface area (Å²) in [5.41, 5.74) is 3.28. The number of methoxy groups -OCH3 is 1. The molecule has 8 heteroatoms. The van der Waals surface area contributed by atoms with Crippen molar-refractivity contribution >= 4 is 40.9 Å². The van der Waals surface area contributed by atoms with Crippen LogP contribution in [0.3, 0.4) is 0 Å². The van der Waals surface area contributed by atoms with Gasteiger partial charge < -0.3 is 14.0 Å². The second-order valence-electron chi connectivity index (χ2n) is 7.38. The van der Waals surface area contributed by atoms with Crippen LogP contribution in [0, 0.1) is 0 Å². The summed E-state index contributed by atoms with van der Waals surface area (Å²) in [5, 5.41) is 0.612. The predicted molar refractivity (Wildman–Crippen MR) is 129 cm³/mol. The van der Waals surface area contributed by atoms with E-state index in [2.05, 4.69) is 4.98 Å². The van der Waals surface area contributed by atoms with Crippen LogP contribution in [0.1, 0.15) is 21.6 Å². The minimum Gasteiger partial charge on any atom is -0.468 e. The zero-order valence-electron chi connectivity index (χ0n) is 18.0. The van der Waals surface area contributed by atoms with E-state index in [1.165, 1.54) is 12.0 Å². The molecule has 0 aliphatic rings. The normalized spacial score (nSPS) is 10.8. The first kappa shape index (κ1) is 22.9. The quantitative estimate of drug-likeness (QED) is 0.260. The molecule has 33 heavy (non-hydrogen) atoms. The lowest BCUT2D eigenvalue weighted by Gasteiger charge is -2.22. The van der Waals surface area contributed by atoms with Crippen LogP contribution in [-0.2, 0) is 21.8 Å². The number of thioether (sulfide) groups is 1. The van der Waals surface area contributed by atoms with Crippen LogP contribution in [0.2, 0.25) is 5.02 Å². The molecule has 0 aliphatic carbocycles. The molecule has 4 aromatic rings. The van der Waals surface area contributed by atoms with Crippen molar-refractivity contribution in [2.45, 2.75) is 17.2 Å². The Balaban J connectivity index is 1.43. The molecule has 0 radical (unpaired) electrons. The molecule has 0 aliphatic heterocycles. The molecule has 0 spiro atoms. The number of pyridine rings is 1. The van der Waals surface area contributed by atoms with Gasteiger partial charge in [-0.25, -0.2) is 4.98 Å². The first-order chi connectivity index (χ1) is 16.0. The maximum absolute atomic E-state index is 13.1. The predicted octanol–water partition coefficient (Wildman–Crippen LogP) is 5.10. The van der Waals surface area contributed by atoms with Gasteiger partial charge >= 0.3 is 5.97 Å². The third kappa shape index (κ3) is 5.94. The zero-order valence-corrected chi connectivity index (χ0v) is 19.6. The first-order valence-electron chi connectivity index (χ1n) is 10.3. The van der Waals surface area contributed by atoms with Crippen molar-refractivity contribution in [2.24, 2.45) is 0 Å². The summed E-state index contributed by atoms with van der Waals surface area (Å²) in [6, 6.07) is 20.5. The minimum atomic E-state index is -0.475. The number of hydrogen-bond acceptors (Lipinski definition) is 5. The first-order valence-corrected chi connectivity index (χ1v) is 11.6. The van der Waals surface area contributed by atoms with E-state index in [0.717, 1.165) is 27.6 Å². The van der Waals surface area contributed by atoms with Crippen molar-refractivity contribution in [3.8, 4) is 0 Å². The topological polar surface area (TPSA) is 63.9 Å². The van der Waals surface area contributed by atoms with Crippen LogP contribution in [0.4, 0.5) is 0 Å². The Morgan fingerprint density at radius 3 is 2.52 bits per heavy atom. The van der Waals surface area contributed by atoms with Gasteiger partial charge in [0.2, 0.25) is 0 Å². The van der Waals surface area contributed by atoms with Gasteiger partial charge in [-0.1, -0.05) is 29.8 Å². The molecule has 2 heterocycles. The van der Waals surface area contributed by atoms with Crippen LogP contribution in [0.5, 0.6) is 0 Å². The Bertz CT molecular complexity index is 1220. The molecule has 1 amide bonds. The van der Waals surface area contributed by atoms with E-state index in [0.29, 0.717) is 10.6 Å². The number of carbonyl (C=O) groups is 2. The largest absolute Gasteiger partial charge is 0.468 e. The number of ether oxygens (including phenoxy) is 1. The van der Waals surface area contributed by atoms with E-state index in [1.807, 2.05) is 59.3 Å². The highest BCUT2D eigenvalue weighted by Gasteiger charge is 2.20. The molecule has 168 valence electrons. The van der Waals surface area contributed by atoms with Gasteiger partial charge in [0.15, 0.2) is 0 Å². The number of benzene rings is 2. The van der Waals surface area contributed by atoms with Crippen LogP contribution < -0.4 is 0 Å². The number of aromatic nitrogens is 2. The molecule has 2 aromatic heterocycles. The Morgan fingerprint density at radius 2 is 1.82 bits per heavy atom. The third-order valence-electron chi connectivity index (χ3n) is 5.02. The van der Waals surface area contributed by atoms with Gasteiger partial charge in [0.05, 0.1) is 12.8 Å². The van der Waals surface area contributed by atoms with Gasteiger partial charge in [-0.05, 0) is 54.1 Å². The van der Waals surface area contributed by atoms with Gasteiger partial charge in [-0.15, -0.1) is 11.8 Å². The number of fused-ring (bicyclic) bond motifs is 1. The van der Waals surface area contributed by atoms with Gasteiger partial charge in [-0.3, -0.25) is 9.59 Å². The monoisotopic (exact) mass is 479 g/mol. The number of imidazole rings is 1. The molecule has 0 atom stereocenters. The highest BCUT2D eigenvalue weighted by atomic mass is 35.5. The SMILES string of the molecule is COC(=O)CN(Cc1ccc(Cl)cc1)C(=O)c1ccc(SCc2cn3ccccc3n2)cc1. The van der Waals surface area contributed by atoms with Crippen LogP contribution in [0.15, 0.2) is 84.0 Å². The van der Waals surface area contributed by atoms with Crippen molar-refractivity contribution < 1.29 is 14.3 Å². The van der Waals surface area contributed by atoms with Crippen molar-refractivity contribution in [3.05, 3.63) is 101 Å². The molecule has 0 bridgehead atoms. The Labute approximate surface area is 201 Å². The molecule has 0 saturated heterocycles. The molecule has 0 saturated carbocycles. The number of esters is 1. The molecule has 0 fully saturated rings. The van der Waals surface area contributed by atoms with Gasteiger partial charge in [0, 0.05) is 40.2 Å². The highest BCUT2D eigenvalue weighted by molar-refractivity contribution is 7.98. The minimum absolute atomic E-state index is 0.137. The van der Waals surface area contributed by atoms with Crippen molar-refractivity contribution in [1.82, 2.24) is 14.3 Å². The lowest BCUT2D eigenvalue weighted by atomic mass is 10.1. The summed E-state index contributed by atoms with van der Waals surface area (Å²) < 4.78 is 6.77. The fourth-order valence-electron chi connectivity index (χ4n) is 3.32. The van der Waals surface area contributed by atoms with E-state index in [9.17, 15) is 9.59 Å². The van der Waals surface area contributed by atoms with E-state index in [-0.39, 0.29) is 19.0 Å². The number of hydrogen-bond donors (Lipinski definition) is 0. The molecule has 0 N–H and O–H groups in total. The molecule has 0 unspecified atom stereocenters.